The number of furan rings is 1. The number of rotatable bonds is 7. The van der Waals surface area contributed by atoms with Crippen molar-refractivity contribution >= 4 is 28.8 Å². The van der Waals surface area contributed by atoms with Crippen molar-refractivity contribution in [2.75, 3.05) is 13.7 Å². The number of para-hydroxylation sites is 1. The Kier molecular flexibility index (Phi) is 6.38. The van der Waals surface area contributed by atoms with Crippen LogP contribution in [0.3, 0.4) is 0 Å². The van der Waals surface area contributed by atoms with Gasteiger partial charge in [0.2, 0.25) is 5.76 Å². The van der Waals surface area contributed by atoms with Gasteiger partial charge in [0.15, 0.2) is 6.61 Å². The monoisotopic (exact) mass is 361 g/mol. The molecule has 0 fully saturated rings. The van der Waals surface area contributed by atoms with E-state index in [1.165, 1.54) is 7.11 Å². The highest BCUT2D eigenvalue weighted by atomic mass is 16.5. The van der Waals surface area contributed by atoms with Gasteiger partial charge in [0.05, 0.1) is 7.11 Å². The van der Waals surface area contributed by atoms with Crippen molar-refractivity contribution < 1.29 is 28.3 Å². The molecule has 0 bridgehead atoms. The minimum absolute atomic E-state index is 0.0606. The van der Waals surface area contributed by atoms with E-state index in [0.29, 0.717) is 17.6 Å². The number of fused-ring (bicyclic) bond motifs is 1. The SMILES string of the molecule is CC[C@@H](C)[C@H](NC(=O)COC(=O)c1oc2ccccc2c1C)C(=O)OC. The number of amides is 1. The summed E-state index contributed by atoms with van der Waals surface area (Å²) in [6, 6.07) is 6.44. The zero-order valence-electron chi connectivity index (χ0n) is 15.3. The number of aryl methyl sites for hydroxylation is 1. The van der Waals surface area contributed by atoms with Gasteiger partial charge in [-0.15, -0.1) is 0 Å². The number of esters is 2. The van der Waals surface area contributed by atoms with Gasteiger partial charge >= 0.3 is 11.9 Å². The lowest BCUT2D eigenvalue weighted by Gasteiger charge is -2.21. The number of nitrogens with one attached hydrogen (secondary N) is 1. The average molecular weight is 361 g/mol. The smallest absolute Gasteiger partial charge is 0.375 e. The van der Waals surface area contributed by atoms with Gasteiger partial charge in [0.25, 0.3) is 5.91 Å². The van der Waals surface area contributed by atoms with Crippen LogP contribution in [-0.2, 0) is 19.1 Å². The van der Waals surface area contributed by atoms with E-state index in [1.54, 1.807) is 19.1 Å². The summed E-state index contributed by atoms with van der Waals surface area (Å²) < 4.78 is 15.2. The van der Waals surface area contributed by atoms with E-state index in [-0.39, 0.29) is 11.7 Å². The predicted octanol–water partition coefficient (Wildman–Crippen LogP) is 2.60. The van der Waals surface area contributed by atoms with Crippen LogP contribution in [-0.4, -0.2) is 37.6 Å². The fraction of sp³-hybridized carbons (Fsp3) is 0.421. The number of carbonyl (C=O) groups is 3. The van der Waals surface area contributed by atoms with Crippen molar-refractivity contribution in [3.63, 3.8) is 0 Å². The van der Waals surface area contributed by atoms with Gasteiger partial charge in [0, 0.05) is 10.9 Å². The number of ether oxygens (including phenoxy) is 2. The van der Waals surface area contributed by atoms with Crippen molar-refractivity contribution in [3.8, 4) is 0 Å². The van der Waals surface area contributed by atoms with E-state index in [1.807, 2.05) is 26.0 Å². The van der Waals surface area contributed by atoms with Crippen LogP contribution in [0.1, 0.15) is 36.4 Å². The molecule has 2 atom stereocenters. The summed E-state index contributed by atoms with van der Waals surface area (Å²) >= 11 is 0. The molecule has 2 aromatic rings. The lowest BCUT2D eigenvalue weighted by molar-refractivity contribution is -0.147. The topological polar surface area (TPSA) is 94.8 Å². The van der Waals surface area contributed by atoms with Crippen LogP contribution in [0, 0.1) is 12.8 Å². The lowest BCUT2D eigenvalue weighted by Crippen LogP contribution is -2.47. The van der Waals surface area contributed by atoms with Gasteiger partial charge in [-0.05, 0) is 18.9 Å². The second-order valence-corrected chi connectivity index (χ2v) is 6.08. The number of carbonyl (C=O) groups excluding carboxylic acids is 3. The molecule has 1 heterocycles. The van der Waals surface area contributed by atoms with Gasteiger partial charge < -0.3 is 19.2 Å². The summed E-state index contributed by atoms with van der Waals surface area (Å²) in [5.41, 5.74) is 1.22. The molecule has 1 aromatic carbocycles. The van der Waals surface area contributed by atoms with Gasteiger partial charge in [-0.3, -0.25) is 4.79 Å². The largest absolute Gasteiger partial charge is 0.467 e. The molecule has 1 N–H and O–H groups in total. The molecule has 7 nitrogen and oxygen atoms in total. The molecule has 7 heteroatoms. The third-order valence-electron chi connectivity index (χ3n) is 4.35. The van der Waals surface area contributed by atoms with Crippen LogP contribution >= 0.6 is 0 Å². The van der Waals surface area contributed by atoms with Gasteiger partial charge in [-0.25, -0.2) is 9.59 Å². The van der Waals surface area contributed by atoms with Crippen molar-refractivity contribution in [1.29, 1.82) is 0 Å². The van der Waals surface area contributed by atoms with Crippen molar-refractivity contribution in [2.45, 2.75) is 33.2 Å². The molecule has 0 saturated carbocycles. The summed E-state index contributed by atoms with van der Waals surface area (Å²) in [6.07, 6.45) is 0.679. The maximum Gasteiger partial charge on any atom is 0.375 e. The quantitative estimate of drug-likeness (QED) is 0.762. The maximum absolute atomic E-state index is 12.2. The van der Waals surface area contributed by atoms with Crippen LogP contribution in [0.4, 0.5) is 0 Å². The number of benzene rings is 1. The summed E-state index contributed by atoms with van der Waals surface area (Å²) in [5.74, 6) is -1.90. The van der Waals surface area contributed by atoms with Gasteiger partial charge in [-0.2, -0.15) is 0 Å². The Hall–Kier alpha value is -2.83. The van der Waals surface area contributed by atoms with Crippen LogP contribution in [0.15, 0.2) is 28.7 Å². The van der Waals surface area contributed by atoms with Crippen LogP contribution in [0.2, 0.25) is 0 Å². The predicted molar refractivity (Wildman–Crippen MR) is 94.6 cm³/mol. The number of hydrogen-bond acceptors (Lipinski definition) is 6. The molecule has 140 valence electrons. The minimum atomic E-state index is -0.788. The molecule has 2 rings (SSSR count). The molecule has 0 saturated heterocycles. The van der Waals surface area contributed by atoms with Crippen molar-refractivity contribution in [3.05, 3.63) is 35.6 Å². The minimum Gasteiger partial charge on any atom is -0.467 e. The Morgan fingerprint density at radius 3 is 2.54 bits per heavy atom. The molecule has 26 heavy (non-hydrogen) atoms. The molecule has 0 radical (unpaired) electrons. The third kappa shape index (κ3) is 4.22. The zero-order chi connectivity index (χ0) is 19.3. The molecule has 0 aliphatic carbocycles. The first-order chi connectivity index (χ1) is 12.4. The van der Waals surface area contributed by atoms with E-state index in [0.717, 1.165) is 5.39 Å². The lowest BCUT2D eigenvalue weighted by atomic mass is 9.99. The Bertz CT molecular complexity index is 809. The first-order valence-electron chi connectivity index (χ1n) is 8.41. The molecule has 0 aliphatic rings. The van der Waals surface area contributed by atoms with Crippen molar-refractivity contribution in [1.82, 2.24) is 5.32 Å². The molecule has 0 unspecified atom stereocenters. The average Bonchev–Trinajstić information content (AvgIpc) is 3.00. The molecule has 0 spiro atoms. The Morgan fingerprint density at radius 1 is 1.23 bits per heavy atom. The van der Waals surface area contributed by atoms with Crippen molar-refractivity contribution in [2.24, 2.45) is 5.92 Å². The van der Waals surface area contributed by atoms with Crippen LogP contribution in [0.5, 0.6) is 0 Å². The van der Waals surface area contributed by atoms with E-state index in [4.69, 9.17) is 13.9 Å². The highest BCUT2D eigenvalue weighted by Gasteiger charge is 2.27. The summed E-state index contributed by atoms with van der Waals surface area (Å²) in [6.45, 7) is 4.96. The van der Waals surface area contributed by atoms with E-state index >= 15 is 0 Å². The fourth-order valence-electron chi connectivity index (χ4n) is 2.58. The summed E-state index contributed by atoms with van der Waals surface area (Å²) in [7, 11) is 1.26. The second-order valence-electron chi connectivity index (χ2n) is 6.08. The first-order valence-corrected chi connectivity index (χ1v) is 8.41. The first kappa shape index (κ1) is 19.5. The van der Waals surface area contributed by atoms with E-state index < -0.39 is 30.5 Å². The summed E-state index contributed by atoms with van der Waals surface area (Å²) in [5, 5.41) is 3.36. The number of hydrogen-bond donors (Lipinski definition) is 1. The van der Waals surface area contributed by atoms with E-state index in [2.05, 4.69) is 5.32 Å². The fourth-order valence-corrected chi connectivity index (χ4v) is 2.58. The Morgan fingerprint density at radius 2 is 1.92 bits per heavy atom. The van der Waals surface area contributed by atoms with Crippen LogP contribution in [0.25, 0.3) is 11.0 Å². The highest BCUT2D eigenvalue weighted by Crippen LogP contribution is 2.25. The standard InChI is InChI=1S/C19H23NO6/c1-5-11(2)16(18(22)24-4)20-15(21)10-25-19(23)17-12(3)13-8-6-7-9-14(13)26-17/h6-9,11,16H,5,10H2,1-4H3,(H,20,21)/t11-,16+/m1/s1. The normalized spacial score (nSPS) is 13.1. The van der Waals surface area contributed by atoms with Gasteiger partial charge in [0.1, 0.15) is 11.6 Å². The molecule has 1 aromatic heterocycles. The molecule has 1 amide bonds. The molecular weight excluding hydrogens is 338 g/mol. The highest BCUT2D eigenvalue weighted by molar-refractivity contribution is 5.97. The molecular formula is C19H23NO6. The molecule has 0 aliphatic heterocycles. The van der Waals surface area contributed by atoms with Crippen LogP contribution < -0.4 is 5.32 Å². The second kappa shape index (κ2) is 8.51. The Labute approximate surface area is 151 Å². The van der Waals surface area contributed by atoms with Gasteiger partial charge in [-0.1, -0.05) is 38.5 Å². The maximum atomic E-state index is 12.2. The summed E-state index contributed by atoms with van der Waals surface area (Å²) in [4.78, 5) is 36.1. The zero-order valence-corrected chi connectivity index (χ0v) is 15.3. The third-order valence-corrected chi connectivity index (χ3v) is 4.35. The Balaban J connectivity index is 2.00. The number of methoxy groups -OCH3 is 1. The van der Waals surface area contributed by atoms with E-state index in [9.17, 15) is 14.4 Å².